The summed E-state index contributed by atoms with van der Waals surface area (Å²) in [6, 6.07) is 4.46. The van der Waals surface area contributed by atoms with Gasteiger partial charge >= 0.3 is 5.97 Å². The van der Waals surface area contributed by atoms with Crippen molar-refractivity contribution in [1.29, 1.82) is 0 Å². The van der Waals surface area contributed by atoms with Crippen LogP contribution >= 0.6 is 0 Å². The molecular formula is C17H19FN2O3. The van der Waals surface area contributed by atoms with E-state index in [-0.39, 0.29) is 30.0 Å². The van der Waals surface area contributed by atoms with Crippen molar-refractivity contribution >= 4 is 22.8 Å². The summed E-state index contributed by atoms with van der Waals surface area (Å²) in [5, 5.41) is 9.98. The van der Waals surface area contributed by atoms with Crippen molar-refractivity contribution in [3.8, 4) is 0 Å². The molecule has 2 aromatic rings. The number of hydrogen-bond acceptors (Lipinski definition) is 2. The first-order valence-electron chi connectivity index (χ1n) is 7.72. The van der Waals surface area contributed by atoms with E-state index < -0.39 is 5.97 Å². The van der Waals surface area contributed by atoms with Gasteiger partial charge in [-0.05, 0) is 36.1 Å². The summed E-state index contributed by atoms with van der Waals surface area (Å²) in [6.07, 6.45) is 2.45. The number of nitrogens with zero attached hydrogens (tertiary/aromatic N) is 1. The fraction of sp³-hybridized carbons (Fsp3) is 0.412. The van der Waals surface area contributed by atoms with Gasteiger partial charge < -0.3 is 15.0 Å². The first-order valence-corrected chi connectivity index (χ1v) is 7.72. The van der Waals surface area contributed by atoms with E-state index in [1.807, 2.05) is 6.92 Å². The van der Waals surface area contributed by atoms with E-state index in [1.165, 1.54) is 12.1 Å². The lowest BCUT2D eigenvalue weighted by Crippen LogP contribution is -2.45. The van der Waals surface area contributed by atoms with Crippen molar-refractivity contribution in [2.24, 2.45) is 11.8 Å². The highest BCUT2D eigenvalue weighted by Crippen LogP contribution is 2.25. The standard InChI is InChI=1S/C17H19FN2O3/c1-10-9-20(5-4-13(10)17(22)23)16(21)6-11-8-19-15-7-12(18)2-3-14(11)15/h2-3,7-8,10,13,19H,4-6,9H2,1H3,(H,22,23). The number of nitrogens with one attached hydrogen (secondary N) is 1. The predicted molar refractivity (Wildman–Crippen MR) is 83.4 cm³/mol. The minimum Gasteiger partial charge on any atom is -0.481 e. The molecule has 122 valence electrons. The van der Waals surface area contributed by atoms with Crippen molar-refractivity contribution in [2.75, 3.05) is 13.1 Å². The molecule has 1 aliphatic rings. The number of aromatic nitrogens is 1. The van der Waals surface area contributed by atoms with Gasteiger partial charge in [-0.1, -0.05) is 6.92 Å². The average molecular weight is 318 g/mol. The van der Waals surface area contributed by atoms with Crippen LogP contribution in [0.5, 0.6) is 0 Å². The van der Waals surface area contributed by atoms with E-state index in [0.717, 1.165) is 10.9 Å². The molecule has 2 N–H and O–H groups in total. The summed E-state index contributed by atoms with van der Waals surface area (Å²) in [5.74, 6) is -1.56. The number of fused-ring (bicyclic) bond motifs is 1. The Hall–Kier alpha value is -2.37. The Balaban J connectivity index is 1.70. The van der Waals surface area contributed by atoms with Crippen LogP contribution in [0, 0.1) is 17.7 Å². The van der Waals surface area contributed by atoms with Gasteiger partial charge in [-0.3, -0.25) is 9.59 Å². The molecule has 6 heteroatoms. The van der Waals surface area contributed by atoms with Gasteiger partial charge in [-0.2, -0.15) is 0 Å². The van der Waals surface area contributed by atoms with Crippen LogP contribution in [0.2, 0.25) is 0 Å². The van der Waals surface area contributed by atoms with E-state index in [1.54, 1.807) is 17.2 Å². The Morgan fingerprint density at radius 2 is 2.22 bits per heavy atom. The number of benzene rings is 1. The highest BCUT2D eigenvalue weighted by Gasteiger charge is 2.32. The first kappa shape index (κ1) is 15.5. The summed E-state index contributed by atoms with van der Waals surface area (Å²) in [5.41, 5.74) is 1.50. The second-order valence-corrected chi connectivity index (χ2v) is 6.23. The van der Waals surface area contributed by atoms with Crippen molar-refractivity contribution < 1.29 is 19.1 Å². The quantitative estimate of drug-likeness (QED) is 0.913. The third-order valence-corrected chi connectivity index (χ3v) is 4.65. The normalized spacial score (nSPS) is 21.6. The lowest BCUT2D eigenvalue weighted by Gasteiger charge is -2.35. The number of carbonyl (C=O) groups excluding carboxylic acids is 1. The van der Waals surface area contributed by atoms with Gasteiger partial charge in [0.25, 0.3) is 0 Å². The molecule has 1 aromatic carbocycles. The van der Waals surface area contributed by atoms with Gasteiger partial charge in [0, 0.05) is 30.2 Å². The molecule has 3 rings (SSSR count). The van der Waals surface area contributed by atoms with Crippen LogP contribution in [-0.2, 0) is 16.0 Å². The number of carbonyl (C=O) groups is 2. The van der Waals surface area contributed by atoms with Gasteiger partial charge in [-0.25, -0.2) is 4.39 Å². The van der Waals surface area contributed by atoms with Crippen molar-refractivity contribution in [3.63, 3.8) is 0 Å². The monoisotopic (exact) mass is 318 g/mol. The van der Waals surface area contributed by atoms with Crippen LogP contribution in [0.4, 0.5) is 4.39 Å². The van der Waals surface area contributed by atoms with E-state index in [0.29, 0.717) is 25.0 Å². The van der Waals surface area contributed by atoms with Crippen LogP contribution in [-0.4, -0.2) is 40.0 Å². The van der Waals surface area contributed by atoms with Crippen LogP contribution < -0.4 is 0 Å². The number of aromatic amines is 1. The van der Waals surface area contributed by atoms with Crippen LogP contribution in [0.3, 0.4) is 0 Å². The Labute approximate surface area is 133 Å². The zero-order valence-corrected chi connectivity index (χ0v) is 12.9. The van der Waals surface area contributed by atoms with Crippen LogP contribution in [0.1, 0.15) is 18.9 Å². The second kappa shape index (κ2) is 6.02. The number of piperidine rings is 1. The van der Waals surface area contributed by atoms with Gasteiger partial charge in [0.05, 0.1) is 12.3 Å². The van der Waals surface area contributed by atoms with Crippen molar-refractivity contribution in [3.05, 3.63) is 35.8 Å². The molecule has 2 unspecified atom stereocenters. The topological polar surface area (TPSA) is 73.4 Å². The smallest absolute Gasteiger partial charge is 0.306 e. The molecule has 0 spiro atoms. The fourth-order valence-corrected chi connectivity index (χ4v) is 3.32. The summed E-state index contributed by atoms with van der Waals surface area (Å²) in [7, 11) is 0. The van der Waals surface area contributed by atoms with Crippen LogP contribution in [0.25, 0.3) is 10.9 Å². The van der Waals surface area contributed by atoms with Crippen molar-refractivity contribution in [2.45, 2.75) is 19.8 Å². The molecule has 1 aromatic heterocycles. The first-order chi connectivity index (χ1) is 11.0. The molecule has 0 radical (unpaired) electrons. The van der Waals surface area contributed by atoms with Crippen molar-refractivity contribution in [1.82, 2.24) is 9.88 Å². The Morgan fingerprint density at radius 3 is 2.91 bits per heavy atom. The number of amides is 1. The SMILES string of the molecule is CC1CN(C(=O)Cc2c[nH]c3cc(F)ccc23)CCC1C(=O)O. The Morgan fingerprint density at radius 1 is 1.43 bits per heavy atom. The molecule has 1 saturated heterocycles. The molecule has 5 nitrogen and oxygen atoms in total. The molecule has 0 bridgehead atoms. The average Bonchev–Trinajstić information content (AvgIpc) is 2.88. The minimum absolute atomic E-state index is 0.0223. The number of rotatable bonds is 3. The summed E-state index contributed by atoms with van der Waals surface area (Å²) >= 11 is 0. The molecule has 1 amide bonds. The minimum atomic E-state index is -0.789. The molecule has 2 atom stereocenters. The molecule has 0 aliphatic carbocycles. The van der Waals surface area contributed by atoms with Crippen LogP contribution in [0.15, 0.2) is 24.4 Å². The largest absolute Gasteiger partial charge is 0.481 e. The molecule has 23 heavy (non-hydrogen) atoms. The van der Waals surface area contributed by atoms with E-state index in [9.17, 15) is 14.0 Å². The lowest BCUT2D eigenvalue weighted by atomic mass is 9.87. The maximum absolute atomic E-state index is 13.2. The highest BCUT2D eigenvalue weighted by molar-refractivity contribution is 5.89. The number of likely N-dealkylation sites (tertiary alicyclic amines) is 1. The third-order valence-electron chi connectivity index (χ3n) is 4.65. The van der Waals surface area contributed by atoms with E-state index in [4.69, 9.17) is 5.11 Å². The summed E-state index contributed by atoms with van der Waals surface area (Å²) in [4.78, 5) is 28.3. The Kier molecular flexibility index (Phi) is 4.07. The maximum Gasteiger partial charge on any atom is 0.306 e. The third kappa shape index (κ3) is 3.06. The van der Waals surface area contributed by atoms with Gasteiger partial charge in [-0.15, -0.1) is 0 Å². The van der Waals surface area contributed by atoms with Gasteiger partial charge in [0.1, 0.15) is 5.82 Å². The van der Waals surface area contributed by atoms with Gasteiger partial charge in [0.15, 0.2) is 0 Å². The van der Waals surface area contributed by atoms with E-state index in [2.05, 4.69) is 4.98 Å². The number of carboxylic acids is 1. The predicted octanol–water partition coefficient (Wildman–Crippen LogP) is 2.42. The number of H-pyrrole nitrogens is 1. The summed E-state index contributed by atoms with van der Waals surface area (Å²) < 4.78 is 13.2. The Bertz CT molecular complexity index is 755. The maximum atomic E-state index is 13.2. The number of aliphatic carboxylic acids is 1. The molecule has 1 fully saturated rings. The number of hydrogen-bond donors (Lipinski definition) is 2. The molecule has 1 aliphatic heterocycles. The van der Waals surface area contributed by atoms with Gasteiger partial charge in [0.2, 0.25) is 5.91 Å². The zero-order valence-electron chi connectivity index (χ0n) is 12.9. The molecular weight excluding hydrogens is 299 g/mol. The highest BCUT2D eigenvalue weighted by atomic mass is 19.1. The second-order valence-electron chi connectivity index (χ2n) is 6.23. The molecule has 2 heterocycles. The summed E-state index contributed by atoms with van der Waals surface area (Å²) in [6.45, 7) is 2.80. The molecule has 0 saturated carbocycles. The van der Waals surface area contributed by atoms with E-state index >= 15 is 0 Å². The zero-order chi connectivity index (χ0) is 16.6. The lowest BCUT2D eigenvalue weighted by molar-refractivity contribution is -0.148. The number of carboxylic acid groups (broad SMARTS) is 1. The number of halogens is 1. The fourth-order valence-electron chi connectivity index (χ4n) is 3.32.